The lowest BCUT2D eigenvalue weighted by atomic mass is 10.2. The molecule has 94 valence electrons. The minimum atomic E-state index is 0.627. The van der Waals surface area contributed by atoms with Gasteiger partial charge in [-0.3, -0.25) is 0 Å². The van der Waals surface area contributed by atoms with Crippen molar-refractivity contribution in [2.75, 3.05) is 7.05 Å². The van der Waals surface area contributed by atoms with Crippen LogP contribution in [-0.4, -0.2) is 12.9 Å². The predicted molar refractivity (Wildman–Crippen MR) is 76.0 cm³/mol. The van der Waals surface area contributed by atoms with Crippen LogP contribution in [0.1, 0.15) is 11.1 Å². The van der Waals surface area contributed by atoms with E-state index in [9.17, 15) is 0 Å². The van der Waals surface area contributed by atoms with Crippen molar-refractivity contribution in [1.82, 2.24) is 10.9 Å². The van der Waals surface area contributed by atoms with Crippen LogP contribution >= 0.6 is 0 Å². The van der Waals surface area contributed by atoms with Crippen LogP contribution in [0.25, 0.3) is 0 Å². The molecular weight excluding hydrogens is 236 g/mol. The van der Waals surface area contributed by atoms with Crippen molar-refractivity contribution in [2.45, 2.75) is 0 Å². The van der Waals surface area contributed by atoms with E-state index in [0.29, 0.717) is 5.56 Å². The van der Waals surface area contributed by atoms with Gasteiger partial charge >= 0.3 is 0 Å². The quantitative estimate of drug-likeness (QED) is 0.499. The van der Waals surface area contributed by atoms with Crippen LogP contribution in [0.2, 0.25) is 0 Å². The molecule has 0 amide bonds. The van der Waals surface area contributed by atoms with E-state index in [4.69, 9.17) is 5.26 Å². The molecule has 0 radical (unpaired) electrons. The topological polar surface area (TPSA) is 60.2 Å². The minimum Gasteiger partial charge on any atom is -0.306 e. The number of nitrogens with zero attached hydrogens (tertiary/aromatic N) is 2. The molecule has 2 aromatic carbocycles. The molecule has 2 rings (SSSR count). The van der Waals surface area contributed by atoms with E-state index in [1.807, 2.05) is 42.5 Å². The lowest BCUT2D eigenvalue weighted by Gasteiger charge is -2.08. The van der Waals surface area contributed by atoms with Gasteiger partial charge < -0.3 is 5.43 Å². The summed E-state index contributed by atoms with van der Waals surface area (Å²) in [5.41, 5.74) is 8.29. The summed E-state index contributed by atoms with van der Waals surface area (Å²) < 4.78 is 0. The summed E-state index contributed by atoms with van der Waals surface area (Å²) in [6.07, 6.45) is 0. The number of amidine groups is 1. The number of rotatable bonds is 3. The lowest BCUT2D eigenvalue weighted by Crippen LogP contribution is -2.34. The van der Waals surface area contributed by atoms with Gasteiger partial charge in [-0.2, -0.15) is 5.26 Å². The molecule has 0 bridgehead atoms. The van der Waals surface area contributed by atoms with Crippen LogP contribution in [0.4, 0.5) is 5.69 Å². The van der Waals surface area contributed by atoms with Crippen LogP contribution in [0, 0.1) is 11.3 Å². The fraction of sp³-hybridized carbons (Fsp3) is 0.0667. The smallest absolute Gasteiger partial charge is 0.148 e. The first-order valence-electron chi connectivity index (χ1n) is 5.90. The van der Waals surface area contributed by atoms with Crippen molar-refractivity contribution >= 4 is 11.5 Å². The molecule has 0 aliphatic heterocycles. The molecule has 0 spiro atoms. The Balaban J connectivity index is 2.33. The Morgan fingerprint density at radius 1 is 1.05 bits per heavy atom. The average molecular weight is 250 g/mol. The molecule has 0 aliphatic rings. The number of hydrazine groups is 1. The maximum atomic E-state index is 8.76. The third-order valence-electron chi connectivity index (χ3n) is 2.53. The van der Waals surface area contributed by atoms with Gasteiger partial charge in [0.2, 0.25) is 0 Å². The van der Waals surface area contributed by atoms with Crippen LogP contribution in [0.5, 0.6) is 0 Å². The first kappa shape index (κ1) is 12.8. The van der Waals surface area contributed by atoms with E-state index in [2.05, 4.69) is 21.9 Å². The Morgan fingerprint density at radius 3 is 2.32 bits per heavy atom. The van der Waals surface area contributed by atoms with Gasteiger partial charge in [0.1, 0.15) is 5.84 Å². The molecule has 0 saturated heterocycles. The van der Waals surface area contributed by atoms with Gasteiger partial charge in [-0.25, -0.2) is 10.4 Å². The van der Waals surface area contributed by atoms with Gasteiger partial charge in [-0.05, 0) is 24.3 Å². The second-order valence-electron chi connectivity index (χ2n) is 3.86. The molecule has 19 heavy (non-hydrogen) atoms. The van der Waals surface area contributed by atoms with E-state index in [1.54, 1.807) is 19.2 Å². The maximum absolute atomic E-state index is 8.76. The highest BCUT2D eigenvalue weighted by molar-refractivity contribution is 5.99. The molecule has 0 saturated carbocycles. The highest BCUT2D eigenvalue weighted by Crippen LogP contribution is 2.14. The SMILES string of the molecule is CNNC(=Nc1ccc(C#N)cc1)c1ccccc1. The first-order chi connectivity index (χ1) is 9.33. The third kappa shape index (κ3) is 3.41. The number of nitrogens with one attached hydrogen (secondary N) is 2. The van der Waals surface area contributed by atoms with E-state index in [1.165, 1.54) is 0 Å². The van der Waals surface area contributed by atoms with Gasteiger partial charge in [0.25, 0.3) is 0 Å². The van der Waals surface area contributed by atoms with Crippen LogP contribution in [0.3, 0.4) is 0 Å². The van der Waals surface area contributed by atoms with Crippen molar-refractivity contribution in [3.8, 4) is 6.07 Å². The lowest BCUT2D eigenvalue weighted by molar-refractivity contribution is 0.769. The molecule has 0 unspecified atom stereocenters. The summed E-state index contributed by atoms with van der Waals surface area (Å²) in [5.74, 6) is 0.729. The Morgan fingerprint density at radius 2 is 1.74 bits per heavy atom. The van der Waals surface area contributed by atoms with Crippen molar-refractivity contribution in [2.24, 2.45) is 4.99 Å². The van der Waals surface area contributed by atoms with Crippen LogP contribution in [-0.2, 0) is 0 Å². The van der Waals surface area contributed by atoms with Crippen molar-refractivity contribution < 1.29 is 0 Å². The number of nitriles is 1. The van der Waals surface area contributed by atoms with Crippen LogP contribution < -0.4 is 10.9 Å². The average Bonchev–Trinajstić information content (AvgIpc) is 2.48. The fourth-order valence-electron chi connectivity index (χ4n) is 1.62. The summed E-state index contributed by atoms with van der Waals surface area (Å²) >= 11 is 0. The Kier molecular flexibility index (Phi) is 4.27. The summed E-state index contributed by atoms with van der Waals surface area (Å²) in [7, 11) is 1.79. The minimum absolute atomic E-state index is 0.627. The Bertz CT molecular complexity index is 594. The van der Waals surface area contributed by atoms with Crippen molar-refractivity contribution in [3.05, 3.63) is 65.7 Å². The standard InChI is InChI=1S/C15H14N4/c1-17-19-15(13-5-3-2-4-6-13)18-14-9-7-12(11-16)8-10-14/h2-10,17H,1H3,(H,18,19). The van der Waals surface area contributed by atoms with Gasteiger partial charge in [-0.1, -0.05) is 30.3 Å². The molecule has 2 N–H and O–H groups in total. The third-order valence-corrected chi connectivity index (χ3v) is 2.53. The molecule has 0 atom stereocenters. The van der Waals surface area contributed by atoms with Crippen molar-refractivity contribution in [3.63, 3.8) is 0 Å². The molecular formula is C15H14N4. The molecule has 2 aromatic rings. The van der Waals surface area contributed by atoms with Crippen molar-refractivity contribution in [1.29, 1.82) is 5.26 Å². The predicted octanol–water partition coefficient (Wildman–Crippen LogP) is 2.36. The van der Waals surface area contributed by atoms with Crippen LogP contribution in [0.15, 0.2) is 59.6 Å². The first-order valence-corrected chi connectivity index (χ1v) is 5.90. The second-order valence-corrected chi connectivity index (χ2v) is 3.86. The molecule has 0 fully saturated rings. The van der Waals surface area contributed by atoms with E-state index in [-0.39, 0.29) is 0 Å². The molecule has 0 aromatic heterocycles. The van der Waals surface area contributed by atoms with Gasteiger partial charge in [0, 0.05) is 12.6 Å². The summed E-state index contributed by atoms with van der Waals surface area (Å²) in [4.78, 5) is 4.53. The summed E-state index contributed by atoms with van der Waals surface area (Å²) in [6, 6.07) is 19.1. The highest BCUT2D eigenvalue weighted by Gasteiger charge is 2.01. The monoisotopic (exact) mass is 250 g/mol. The zero-order chi connectivity index (χ0) is 13.5. The Hall–Kier alpha value is -2.64. The van der Waals surface area contributed by atoms with Gasteiger partial charge in [0.15, 0.2) is 0 Å². The molecule has 0 heterocycles. The molecule has 0 aliphatic carbocycles. The van der Waals surface area contributed by atoms with E-state index >= 15 is 0 Å². The van der Waals surface area contributed by atoms with Gasteiger partial charge in [0.05, 0.1) is 17.3 Å². The van der Waals surface area contributed by atoms with Gasteiger partial charge in [-0.15, -0.1) is 0 Å². The number of hydrogen-bond donors (Lipinski definition) is 2. The maximum Gasteiger partial charge on any atom is 0.148 e. The highest BCUT2D eigenvalue weighted by atomic mass is 15.4. The Labute approximate surface area is 112 Å². The van der Waals surface area contributed by atoms with E-state index in [0.717, 1.165) is 17.1 Å². The fourth-order valence-corrected chi connectivity index (χ4v) is 1.62. The summed E-state index contributed by atoms with van der Waals surface area (Å²) in [5, 5.41) is 8.76. The summed E-state index contributed by atoms with van der Waals surface area (Å²) in [6.45, 7) is 0. The largest absolute Gasteiger partial charge is 0.306 e. The second kappa shape index (κ2) is 6.34. The number of aliphatic imine (C=N–C) groups is 1. The zero-order valence-electron chi connectivity index (χ0n) is 10.6. The normalized spacial score (nSPS) is 10.8. The zero-order valence-corrected chi connectivity index (χ0v) is 10.6. The number of hydrogen-bond acceptors (Lipinski definition) is 3. The number of benzene rings is 2. The van der Waals surface area contributed by atoms with E-state index < -0.39 is 0 Å². The molecule has 4 nitrogen and oxygen atoms in total. The molecule has 4 heteroatoms.